The zero-order valence-electron chi connectivity index (χ0n) is 8.77. The number of nitrogens with one attached hydrogen (secondary N) is 1. The van der Waals surface area contributed by atoms with Crippen molar-refractivity contribution in [1.82, 2.24) is 5.48 Å². The van der Waals surface area contributed by atoms with Gasteiger partial charge in [-0.3, -0.25) is 0 Å². The van der Waals surface area contributed by atoms with Gasteiger partial charge in [0.15, 0.2) is 0 Å². The molecule has 0 amide bonds. The summed E-state index contributed by atoms with van der Waals surface area (Å²) in [5.74, 6) is 0. The maximum absolute atomic E-state index is 8.72. The molecule has 0 aromatic rings. The summed E-state index contributed by atoms with van der Waals surface area (Å²) in [5, 5.41) is 8.72. The minimum atomic E-state index is -0.259. The smallest absolute Gasteiger partial charge is 0.0598 e. The molecule has 0 aliphatic carbocycles. The Balaban J connectivity index is 3.57. The van der Waals surface area contributed by atoms with Crippen LogP contribution < -0.4 is 5.48 Å². The molecule has 0 radical (unpaired) electrons. The molecule has 0 atom stereocenters. The fourth-order valence-corrected chi connectivity index (χ4v) is 0.668. The number of ether oxygens (including phenoxy) is 1. The monoisotopic (exact) mass is 175 g/mol. The lowest BCUT2D eigenvalue weighted by Crippen LogP contribution is -2.38. The summed E-state index contributed by atoms with van der Waals surface area (Å²) in [4.78, 5) is 0. The number of rotatable bonds is 4. The zero-order valence-corrected chi connectivity index (χ0v) is 8.77. The Morgan fingerprint density at radius 3 is 2.00 bits per heavy atom. The van der Waals surface area contributed by atoms with Crippen LogP contribution in [0.15, 0.2) is 0 Å². The molecule has 0 saturated heterocycles. The highest BCUT2D eigenvalue weighted by Gasteiger charge is 2.17. The average molecular weight is 175 g/mol. The third-order valence-electron chi connectivity index (χ3n) is 1.56. The van der Waals surface area contributed by atoms with Crippen molar-refractivity contribution in [3.8, 4) is 0 Å². The molecule has 0 aliphatic heterocycles. The second kappa shape index (κ2) is 4.21. The van der Waals surface area contributed by atoms with Crippen LogP contribution in [-0.4, -0.2) is 23.0 Å². The van der Waals surface area contributed by atoms with E-state index in [9.17, 15) is 0 Å². The van der Waals surface area contributed by atoms with Gasteiger partial charge in [-0.05, 0) is 41.0 Å². The highest BCUT2D eigenvalue weighted by atomic mass is 16.5. The van der Waals surface area contributed by atoms with Crippen molar-refractivity contribution in [3.63, 3.8) is 0 Å². The van der Waals surface area contributed by atoms with Gasteiger partial charge in [0.05, 0.1) is 5.60 Å². The lowest BCUT2D eigenvalue weighted by Gasteiger charge is -2.25. The lowest BCUT2D eigenvalue weighted by atomic mass is 10.0. The van der Waals surface area contributed by atoms with E-state index in [4.69, 9.17) is 9.94 Å². The maximum Gasteiger partial charge on any atom is 0.0598 e. The van der Waals surface area contributed by atoms with Gasteiger partial charge in [-0.25, -0.2) is 0 Å². The second-order valence-electron chi connectivity index (χ2n) is 4.71. The van der Waals surface area contributed by atoms with Crippen molar-refractivity contribution >= 4 is 0 Å². The molecule has 0 rings (SSSR count). The predicted molar refractivity (Wildman–Crippen MR) is 49.3 cm³/mol. The van der Waals surface area contributed by atoms with E-state index in [1.54, 1.807) is 0 Å². The van der Waals surface area contributed by atoms with Crippen molar-refractivity contribution in [2.45, 2.75) is 52.2 Å². The third kappa shape index (κ3) is 6.58. The van der Waals surface area contributed by atoms with E-state index >= 15 is 0 Å². The van der Waals surface area contributed by atoms with Gasteiger partial charge in [-0.1, -0.05) is 0 Å². The van der Waals surface area contributed by atoms with Gasteiger partial charge in [-0.15, -0.1) is 0 Å². The Labute approximate surface area is 75.1 Å². The Morgan fingerprint density at radius 1 is 1.17 bits per heavy atom. The van der Waals surface area contributed by atoms with E-state index in [0.29, 0.717) is 6.61 Å². The van der Waals surface area contributed by atoms with E-state index < -0.39 is 0 Å². The number of hydrogen-bond acceptors (Lipinski definition) is 3. The van der Waals surface area contributed by atoms with E-state index in [1.807, 2.05) is 34.6 Å². The van der Waals surface area contributed by atoms with E-state index in [-0.39, 0.29) is 11.1 Å². The first kappa shape index (κ1) is 11.9. The predicted octanol–water partition coefficient (Wildman–Crippen LogP) is 1.95. The van der Waals surface area contributed by atoms with Crippen LogP contribution in [-0.2, 0) is 4.74 Å². The van der Waals surface area contributed by atoms with Gasteiger partial charge >= 0.3 is 0 Å². The fourth-order valence-electron chi connectivity index (χ4n) is 0.668. The van der Waals surface area contributed by atoms with Gasteiger partial charge in [0.1, 0.15) is 0 Å². The zero-order chi connectivity index (χ0) is 9.83. The van der Waals surface area contributed by atoms with Crippen molar-refractivity contribution < 1.29 is 9.94 Å². The van der Waals surface area contributed by atoms with Crippen LogP contribution >= 0.6 is 0 Å². The fraction of sp³-hybridized carbons (Fsp3) is 1.00. The molecule has 0 unspecified atom stereocenters. The van der Waals surface area contributed by atoms with Crippen LogP contribution in [0.1, 0.15) is 41.0 Å². The molecule has 3 heteroatoms. The van der Waals surface area contributed by atoms with Crippen LogP contribution in [0, 0.1) is 0 Å². The summed E-state index contributed by atoms with van der Waals surface area (Å²) < 4.78 is 5.52. The molecule has 0 bridgehead atoms. The Kier molecular flexibility index (Phi) is 4.17. The summed E-state index contributed by atoms with van der Waals surface area (Å²) in [6, 6.07) is 0. The lowest BCUT2D eigenvalue weighted by molar-refractivity contribution is -0.0237. The van der Waals surface area contributed by atoms with Gasteiger partial charge in [0, 0.05) is 12.1 Å². The summed E-state index contributed by atoms with van der Waals surface area (Å²) in [6.45, 7) is 10.6. The summed E-state index contributed by atoms with van der Waals surface area (Å²) >= 11 is 0. The first-order valence-electron chi connectivity index (χ1n) is 4.32. The van der Waals surface area contributed by atoms with E-state index in [1.165, 1.54) is 0 Å². The number of hydrogen-bond donors (Lipinski definition) is 2. The molecule has 12 heavy (non-hydrogen) atoms. The van der Waals surface area contributed by atoms with Crippen LogP contribution in [0.2, 0.25) is 0 Å². The average Bonchev–Trinajstić information content (AvgIpc) is 1.84. The largest absolute Gasteiger partial charge is 0.376 e. The minimum absolute atomic E-state index is 0.0917. The van der Waals surface area contributed by atoms with Crippen molar-refractivity contribution in [3.05, 3.63) is 0 Å². The molecule has 2 N–H and O–H groups in total. The molecule has 0 aromatic carbocycles. The molecule has 3 nitrogen and oxygen atoms in total. The molecule has 0 heterocycles. The van der Waals surface area contributed by atoms with Crippen molar-refractivity contribution in [1.29, 1.82) is 0 Å². The SMILES string of the molecule is CC(C)(CCOC(C)(C)C)NO. The summed E-state index contributed by atoms with van der Waals surface area (Å²) in [6.07, 6.45) is 0.792. The van der Waals surface area contributed by atoms with Gasteiger partial charge in [0.25, 0.3) is 0 Å². The molecule has 74 valence electrons. The minimum Gasteiger partial charge on any atom is -0.376 e. The van der Waals surface area contributed by atoms with Gasteiger partial charge in [0.2, 0.25) is 0 Å². The van der Waals surface area contributed by atoms with Gasteiger partial charge < -0.3 is 9.94 Å². The van der Waals surface area contributed by atoms with E-state index in [2.05, 4.69) is 5.48 Å². The molecule has 0 aromatic heterocycles. The normalized spacial score (nSPS) is 13.5. The highest BCUT2D eigenvalue weighted by molar-refractivity contribution is 4.72. The van der Waals surface area contributed by atoms with Crippen LogP contribution in [0.5, 0.6) is 0 Å². The van der Waals surface area contributed by atoms with Crippen LogP contribution in [0.25, 0.3) is 0 Å². The Morgan fingerprint density at radius 2 is 1.67 bits per heavy atom. The van der Waals surface area contributed by atoms with Gasteiger partial charge in [-0.2, -0.15) is 5.48 Å². The van der Waals surface area contributed by atoms with Crippen LogP contribution in [0.3, 0.4) is 0 Å². The third-order valence-corrected chi connectivity index (χ3v) is 1.56. The first-order valence-corrected chi connectivity index (χ1v) is 4.32. The Bertz CT molecular complexity index is 127. The van der Waals surface area contributed by atoms with Crippen molar-refractivity contribution in [2.24, 2.45) is 0 Å². The molecular formula is C9H21NO2. The first-order chi connectivity index (χ1) is 5.27. The molecule has 0 fully saturated rings. The van der Waals surface area contributed by atoms with E-state index in [0.717, 1.165) is 6.42 Å². The maximum atomic E-state index is 8.72. The van der Waals surface area contributed by atoms with Crippen LogP contribution in [0.4, 0.5) is 0 Å². The molecule has 0 aliphatic rings. The summed E-state index contributed by atoms with van der Waals surface area (Å²) in [7, 11) is 0. The Hall–Kier alpha value is -0.120. The molecular weight excluding hydrogens is 154 g/mol. The van der Waals surface area contributed by atoms with Crippen molar-refractivity contribution in [2.75, 3.05) is 6.61 Å². The quantitative estimate of drug-likeness (QED) is 0.642. The number of hydroxylamine groups is 1. The standard InChI is InChI=1S/C9H21NO2/c1-8(2,3)12-7-6-9(4,5)10-11/h10-11H,6-7H2,1-5H3. The summed E-state index contributed by atoms with van der Waals surface area (Å²) in [5.41, 5.74) is 1.90. The second-order valence-corrected chi connectivity index (χ2v) is 4.71. The molecule has 0 spiro atoms. The topological polar surface area (TPSA) is 41.5 Å². The molecule has 0 saturated carbocycles. The highest BCUT2D eigenvalue weighted by Crippen LogP contribution is 2.12.